The normalized spacial score (nSPS) is 15.2. The fraction of sp³-hybridized carbons (Fsp3) is 0.261. The summed E-state index contributed by atoms with van der Waals surface area (Å²) in [6.07, 6.45) is 2.66. The number of amides is 2. The molecule has 1 aliphatic rings. The van der Waals surface area contributed by atoms with Crippen LogP contribution in [0, 0.1) is 0 Å². The van der Waals surface area contributed by atoms with Crippen molar-refractivity contribution in [3.8, 4) is 5.75 Å². The molecule has 1 saturated heterocycles. The molecule has 156 valence electrons. The Morgan fingerprint density at radius 1 is 1.20 bits per heavy atom. The predicted molar refractivity (Wildman–Crippen MR) is 127 cm³/mol. The summed E-state index contributed by atoms with van der Waals surface area (Å²) in [5, 5.41) is 2.88. The Labute approximate surface area is 186 Å². The summed E-state index contributed by atoms with van der Waals surface area (Å²) in [5.41, 5.74) is 2.76. The fourth-order valence-electron chi connectivity index (χ4n) is 3.02. The third-order valence-electron chi connectivity index (χ3n) is 4.56. The van der Waals surface area contributed by atoms with Crippen molar-refractivity contribution in [1.82, 2.24) is 4.90 Å². The molecule has 0 radical (unpaired) electrons. The van der Waals surface area contributed by atoms with Gasteiger partial charge in [0, 0.05) is 11.7 Å². The molecule has 2 aromatic carbocycles. The molecule has 0 unspecified atom stereocenters. The van der Waals surface area contributed by atoms with Crippen LogP contribution in [0.5, 0.6) is 5.75 Å². The maximum absolute atomic E-state index is 12.5. The van der Waals surface area contributed by atoms with E-state index in [0.717, 1.165) is 23.2 Å². The first kappa shape index (κ1) is 22.1. The van der Waals surface area contributed by atoms with E-state index in [1.165, 1.54) is 11.8 Å². The van der Waals surface area contributed by atoms with Crippen LogP contribution in [0.3, 0.4) is 0 Å². The van der Waals surface area contributed by atoms with Gasteiger partial charge < -0.3 is 10.1 Å². The Bertz CT molecular complexity index is 984. The Hall–Kier alpha value is -2.64. The van der Waals surface area contributed by atoms with Gasteiger partial charge in [-0.3, -0.25) is 14.5 Å². The first-order valence-electron chi connectivity index (χ1n) is 9.76. The Kier molecular flexibility index (Phi) is 7.29. The topological polar surface area (TPSA) is 58.6 Å². The number of para-hydroxylation sites is 1. The van der Waals surface area contributed by atoms with E-state index in [1.54, 1.807) is 17.0 Å². The van der Waals surface area contributed by atoms with Crippen molar-refractivity contribution in [1.29, 1.82) is 0 Å². The average Bonchev–Trinajstić information content (AvgIpc) is 3.01. The van der Waals surface area contributed by atoms with Gasteiger partial charge in [0.15, 0.2) is 6.61 Å². The minimum absolute atomic E-state index is 0.0367. The maximum atomic E-state index is 12.5. The summed E-state index contributed by atoms with van der Waals surface area (Å²) >= 11 is 6.61. The quantitative estimate of drug-likeness (QED) is 0.491. The van der Waals surface area contributed by atoms with Gasteiger partial charge in [0.25, 0.3) is 11.8 Å². The summed E-state index contributed by atoms with van der Waals surface area (Å²) in [5.74, 6) is 0.308. The number of thiocarbonyl (C=S) groups is 1. The number of carbonyl (C=O) groups excluding carboxylic acids is 2. The Balaban J connectivity index is 1.58. The second kappa shape index (κ2) is 9.91. The zero-order valence-corrected chi connectivity index (χ0v) is 18.8. The lowest BCUT2D eigenvalue weighted by molar-refractivity contribution is -0.123. The largest absolute Gasteiger partial charge is 0.484 e. The zero-order valence-electron chi connectivity index (χ0n) is 17.2. The molecule has 3 rings (SSSR count). The van der Waals surface area contributed by atoms with E-state index in [4.69, 9.17) is 17.0 Å². The van der Waals surface area contributed by atoms with Crippen molar-refractivity contribution < 1.29 is 14.3 Å². The van der Waals surface area contributed by atoms with Crippen LogP contribution >= 0.6 is 24.0 Å². The minimum atomic E-state index is -0.211. The van der Waals surface area contributed by atoms with E-state index in [1.807, 2.05) is 63.2 Å². The van der Waals surface area contributed by atoms with Crippen molar-refractivity contribution in [3.05, 3.63) is 64.6 Å². The van der Waals surface area contributed by atoms with Crippen LogP contribution < -0.4 is 10.1 Å². The molecule has 1 fully saturated rings. The molecule has 0 aliphatic carbocycles. The molecule has 0 atom stereocenters. The van der Waals surface area contributed by atoms with Crippen LogP contribution in [-0.2, 0) is 16.0 Å². The molecule has 1 N–H and O–H groups in total. The Morgan fingerprint density at radius 3 is 2.53 bits per heavy atom. The molecule has 0 spiro atoms. The number of nitrogens with one attached hydrogen (secondary N) is 1. The number of anilines is 1. The van der Waals surface area contributed by atoms with Crippen molar-refractivity contribution in [3.63, 3.8) is 0 Å². The highest BCUT2D eigenvalue weighted by Gasteiger charge is 2.33. The molecular weight excluding hydrogens is 416 g/mol. The summed E-state index contributed by atoms with van der Waals surface area (Å²) in [4.78, 5) is 26.9. The van der Waals surface area contributed by atoms with Gasteiger partial charge in [0.05, 0.1) is 4.91 Å². The summed E-state index contributed by atoms with van der Waals surface area (Å²) in [6.45, 7) is 5.85. The summed E-state index contributed by atoms with van der Waals surface area (Å²) in [6, 6.07) is 15.0. The monoisotopic (exact) mass is 440 g/mol. The smallest absolute Gasteiger partial charge is 0.266 e. The zero-order chi connectivity index (χ0) is 21.7. The molecule has 30 heavy (non-hydrogen) atoms. The molecule has 1 heterocycles. The van der Waals surface area contributed by atoms with E-state index in [9.17, 15) is 9.59 Å². The summed E-state index contributed by atoms with van der Waals surface area (Å²) < 4.78 is 6.17. The van der Waals surface area contributed by atoms with Crippen molar-refractivity contribution in [2.75, 3.05) is 11.9 Å². The van der Waals surface area contributed by atoms with Crippen molar-refractivity contribution >= 4 is 51.9 Å². The SMILES string of the molecule is CCc1ccccc1NC(=O)COc1ccc(/C=C2\SC(=S)N(C(C)C)C2=O)cc1. The van der Waals surface area contributed by atoms with Crippen molar-refractivity contribution in [2.24, 2.45) is 0 Å². The molecule has 0 aromatic heterocycles. The van der Waals surface area contributed by atoms with E-state index in [2.05, 4.69) is 5.32 Å². The molecule has 2 amide bonds. The molecule has 0 saturated carbocycles. The maximum Gasteiger partial charge on any atom is 0.266 e. The summed E-state index contributed by atoms with van der Waals surface area (Å²) in [7, 11) is 0. The molecular formula is C23H24N2O3S2. The standard InChI is InChI=1S/C23H24N2O3S2/c1-4-17-7-5-6-8-19(17)24-21(26)14-28-18-11-9-16(10-12-18)13-20-22(27)25(15(2)3)23(29)30-20/h5-13,15H,4,14H2,1-3H3,(H,24,26)/b20-13-. The highest BCUT2D eigenvalue weighted by molar-refractivity contribution is 8.26. The molecule has 7 heteroatoms. The number of rotatable bonds is 7. The predicted octanol–water partition coefficient (Wildman–Crippen LogP) is 4.88. The van der Waals surface area contributed by atoms with E-state index >= 15 is 0 Å². The third kappa shape index (κ3) is 5.29. The van der Waals surface area contributed by atoms with Crippen molar-refractivity contribution in [2.45, 2.75) is 33.2 Å². The van der Waals surface area contributed by atoms with Gasteiger partial charge in [-0.05, 0) is 55.7 Å². The number of benzene rings is 2. The first-order chi connectivity index (χ1) is 14.4. The van der Waals surface area contributed by atoms with Gasteiger partial charge in [-0.2, -0.15) is 0 Å². The number of carbonyl (C=O) groups is 2. The van der Waals surface area contributed by atoms with E-state index in [0.29, 0.717) is 15.0 Å². The molecule has 2 aromatic rings. The minimum Gasteiger partial charge on any atom is -0.484 e. The van der Waals surface area contributed by atoms with Gasteiger partial charge in [0.1, 0.15) is 10.1 Å². The lowest BCUT2D eigenvalue weighted by atomic mass is 10.1. The van der Waals surface area contributed by atoms with Crippen LogP contribution in [0.25, 0.3) is 6.08 Å². The van der Waals surface area contributed by atoms with Crippen LogP contribution in [0.2, 0.25) is 0 Å². The van der Waals surface area contributed by atoms with Gasteiger partial charge in [-0.1, -0.05) is 61.2 Å². The number of hydrogen-bond acceptors (Lipinski definition) is 5. The van der Waals surface area contributed by atoms with E-state index < -0.39 is 0 Å². The lowest BCUT2D eigenvalue weighted by Gasteiger charge is -2.18. The van der Waals surface area contributed by atoms with Crippen LogP contribution in [0.1, 0.15) is 31.9 Å². The second-order valence-electron chi connectivity index (χ2n) is 7.06. The van der Waals surface area contributed by atoms with Crippen LogP contribution in [-0.4, -0.2) is 33.7 Å². The first-order valence-corrected chi connectivity index (χ1v) is 11.0. The average molecular weight is 441 g/mol. The lowest BCUT2D eigenvalue weighted by Crippen LogP contribution is -2.34. The number of hydrogen-bond donors (Lipinski definition) is 1. The molecule has 1 aliphatic heterocycles. The van der Waals surface area contributed by atoms with Gasteiger partial charge >= 0.3 is 0 Å². The van der Waals surface area contributed by atoms with Gasteiger partial charge in [-0.25, -0.2) is 0 Å². The fourth-order valence-corrected chi connectivity index (χ4v) is 4.55. The Morgan fingerprint density at radius 2 is 1.90 bits per heavy atom. The number of nitrogens with zero attached hydrogens (tertiary/aromatic N) is 1. The van der Waals surface area contributed by atoms with Gasteiger partial charge in [-0.15, -0.1) is 0 Å². The number of aryl methyl sites for hydroxylation is 1. The number of thioether (sulfide) groups is 1. The van der Waals surface area contributed by atoms with E-state index in [-0.39, 0.29) is 24.5 Å². The molecule has 5 nitrogen and oxygen atoms in total. The number of ether oxygens (including phenoxy) is 1. The second-order valence-corrected chi connectivity index (χ2v) is 8.74. The van der Waals surface area contributed by atoms with Crippen LogP contribution in [0.4, 0.5) is 5.69 Å². The third-order valence-corrected chi connectivity index (χ3v) is 5.89. The highest BCUT2D eigenvalue weighted by atomic mass is 32.2. The highest BCUT2D eigenvalue weighted by Crippen LogP contribution is 2.34. The van der Waals surface area contributed by atoms with Crippen LogP contribution in [0.15, 0.2) is 53.4 Å². The molecule has 0 bridgehead atoms. The van der Waals surface area contributed by atoms with Gasteiger partial charge in [0.2, 0.25) is 0 Å².